The molecule has 0 unspecified atom stereocenters. The molecule has 0 aliphatic rings. The first-order valence-electron chi connectivity index (χ1n) is 11.8. The van der Waals surface area contributed by atoms with Gasteiger partial charge in [-0.15, -0.1) is 0 Å². The minimum absolute atomic E-state index is 0.128. The maximum atomic E-state index is 12.5. The number of hydrogen-bond donors (Lipinski definition) is 2. The zero-order valence-electron chi connectivity index (χ0n) is 22.1. The van der Waals surface area contributed by atoms with E-state index in [-0.39, 0.29) is 17.9 Å². The van der Waals surface area contributed by atoms with Crippen molar-refractivity contribution in [2.75, 3.05) is 24.4 Å². The van der Waals surface area contributed by atoms with Gasteiger partial charge in [-0.3, -0.25) is 4.72 Å². The molecule has 0 atom stereocenters. The van der Waals surface area contributed by atoms with Gasteiger partial charge in [0.25, 0.3) is 10.2 Å². The van der Waals surface area contributed by atoms with Crippen LogP contribution in [0.1, 0.15) is 25.8 Å². The largest absolute Gasteiger partial charge is 0.473 e. The second kappa shape index (κ2) is 11.2. The molecule has 12 heteroatoms. The Morgan fingerprint density at radius 3 is 2.47 bits per heavy atom. The normalized spacial score (nSPS) is 14.4. The zero-order chi connectivity index (χ0) is 27.4. The van der Waals surface area contributed by atoms with E-state index in [1.54, 1.807) is 38.1 Å². The lowest BCUT2D eigenvalue weighted by Gasteiger charge is -2.15. The third kappa shape index (κ3) is 6.84. The lowest BCUT2D eigenvalue weighted by molar-refractivity contribution is 0.202. The Balaban J connectivity index is 2.07. The van der Waals surface area contributed by atoms with Crippen molar-refractivity contribution in [3.05, 3.63) is 53.0 Å². The molecule has 0 fully saturated rings. The van der Waals surface area contributed by atoms with Crippen LogP contribution in [0.2, 0.25) is 0 Å². The number of rotatable bonds is 11. The fourth-order valence-corrected chi connectivity index (χ4v) is 3.54. The lowest BCUT2D eigenvalue weighted by Crippen LogP contribution is -2.31. The summed E-state index contributed by atoms with van der Waals surface area (Å²) in [5.41, 5.74) is 0.848. The van der Waals surface area contributed by atoms with Gasteiger partial charge in [0.05, 0.1) is 11.0 Å². The minimum atomic E-state index is -4.13. The van der Waals surface area contributed by atoms with E-state index in [2.05, 4.69) is 45.3 Å². The monoisotopic (exact) mass is 527 g/mol. The molecule has 0 saturated heterocycles. The van der Waals surface area contributed by atoms with E-state index in [1.807, 2.05) is 0 Å². The van der Waals surface area contributed by atoms with Gasteiger partial charge < -0.3 is 9.47 Å². The van der Waals surface area contributed by atoms with Gasteiger partial charge in [-0.05, 0) is 36.6 Å². The quantitative estimate of drug-likeness (QED) is 0.389. The van der Waals surface area contributed by atoms with Crippen LogP contribution in [-0.2, 0) is 10.2 Å². The van der Waals surface area contributed by atoms with Gasteiger partial charge in [0, 0.05) is 23.4 Å². The molecule has 1 aromatic carbocycles. The molecule has 0 aliphatic carbocycles. The predicted octanol–water partition coefficient (Wildman–Crippen LogP) is 3.12. The van der Waals surface area contributed by atoms with Gasteiger partial charge in [-0.25, -0.2) is 19.9 Å². The molecule has 0 aliphatic heterocycles. The summed E-state index contributed by atoms with van der Waals surface area (Å²) in [6.07, 6.45) is 2.54. The van der Waals surface area contributed by atoms with Crippen LogP contribution >= 0.6 is 15.9 Å². The van der Waals surface area contributed by atoms with E-state index >= 15 is 0 Å². The molecule has 10 nitrogen and oxygen atoms in total. The van der Waals surface area contributed by atoms with Crippen molar-refractivity contribution < 1.29 is 24.7 Å². The molecule has 2 heterocycles. The Morgan fingerprint density at radius 2 is 1.78 bits per heavy atom. The summed E-state index contributed by atoms with van der Waals surface area (Å²) in [6, 6.07) is 5.94. The van der Waals surface area contributed by atoms with E-state index in [1.165, 1.54) is 12.4 Å². The van der Waals surface area contributed by atoms with Gasteiger partial charge in [0.1, 0.15) is 20.8 Å². The van der Waals surface area contributed by atoms with Crippen molar-refractivity contribution in [2.45, 2.75) is 20.3 Å². The van der Waals surface area contributed by atoms with Gasteiger partial charge in [-0.2, -0.15) is 13.1 Å². The Labute approximate surface area is 202 Å². The van der Waals surface area contributed by atoms with Crippen LogP contribution in [0.25, 0.3) is 11.1 Å². The van der Waals surface area contributed by atoms with E-state index < -0.39 is 41.5 Å². The fraction of sp³-hybridized carbons (Fsp3) is 0.300. The third-order valence-corrected chi connectivity index (χ3v) is 5.33. The van der Waals surface area contributed by atoms with E-state index in [4.69, 9.17) is 16.3 Å². The van der Waals surface area contributed by atoms with Crippen LogP contribution in [0.3, 0.4) is 0 Å². The molecular weight excluding hydrogens is 500 g/mol. The smallest absolute Gasteiger partial charge is 0.316 e. The Morgan fingerprint density at radius 1 is 1.09 bits per heavy atom. The van der Waals surface area contributed by atoms with Crippen molar-refractivity contribution in [3.63, 3.8) is 0 Å². The van der Waals surface area contributed by atoms with Gasteiger partial charge >= 0.3 is 6.01 Å². The number of halogens is 1. The van der Waals surface area contributed by atoms with Gasteiger partial charge in [0.2, 0.25) is 5.88 Å². The molecule has 170 valence electrons. The summed E-state index contributed by atoms with van der Waals surface area (Å²) in [7, 11) is -4.13. The molecule has 0 radical (unpaired) electrons. The molecule has 0 bridgehead atoms. The predicted molar refractivity (Wildman–Crippen MR) is 124 cm³/mol. The molecule has 2 aromatic heterocycles. The highest BCUT2D eigenvalue weighted by Gasteiger charge is 2.19. The number of benzene rings is 1. The minimum Gasteiger partial charge on any atom is -0.473 e. The molecular formula is C20H23BrN6O4S. The number of aryl methyl sites for hydroxylation is 1. The first kappa shape index (κ1) is 17.7. The molecule has 2 N–H and O–H groups in total. The standard InChI is InChI=1S/C20H23BrN6O4S/c1-3-8-26-32(28,29)27-18-17(15-4-6-16(21)7-5-15)19(25-13-24-18)30-9-10-31-20-22-11-14(2)12-23-20/h4-7,11-13,26H,3,8-10H2,1-2H3,(H,24,25,27)/i9D2,10D2,13D. The Kier molecular flexibility index (Phi) is 6.17. The SMILES string of the molecule is [2H]c1nc(NS(=O)(=O)NCCC)c(-c2ccc(Br)cc2)c(OC([2H])([2H])C([2H])([2H])Oc2ncc(C)cn2)n1. The third-order valence-electron chi connectivity index (χ3n) is 3.76. The summed E-state index contributed by atoms with van der Waals surface area (Å²) in [5.74, 6) is -0.974. The molecule has 0 spiro atoms. The number of ether oxygens (including phenoxy) is 2. The number of nitrogens with one attached hydrogen (secondary N) is 2. The van der Waals surface area contributed by atoms with Gasteiger partial charge in [0.15, 0.2) is 5.82 Å². The summed E-state index contributed by atoms with van der Waals surface area (Å²) >= 11 is 3.30. The summed E-state index contributed by atoms with van der Waals surface area (Å²) in [6.45, 7) is -2.75. The van der Waals surface area contributed by atoms with E-state index in [9.17, 15) is 8.42 Å². The van der Waals surface area contributed by atoms with E-state index in [0.29, 0.717) is 22.0 Å². The van der Waals surface area contributed by atoms with Crippen molar-refractivity contribution in [1.82, 2.24) is 24.7 Å². The Hall–Kier alpha value is -2.83. The number of hydrogen-bond acceptors (Lipinski definition) is 8. The average Bonchev–Trinajstić information content (AvgIpc) is 2.79. The molecule has 0 amide bonds. The van der Waals surface area contributed by atoms with E-state index in [0.717, 1.165) is 0 Å². The molecule has 0 saturated carbocycles. The zero-order valence-corrected chi connectivity index (χ0v) is 19.5. The maximum Gasteiger partial charge on any atom is 0.316 e. The second-order valence-corrected chi connectivity index (χ2v) is 8.73. The maximum absolute atomic E-state index is 12.5. The van der Waals surface area contributed by atoms with Crippen molar-refractivity contribution >= 4 is 32.0 Å². The molecule has 3 aromatic rings. The van der Waals surface area contributed by atoms with Crippen molar-refractivity contribution in [1.29, 1.82) is 0 Å². The molecule has 3 rings (SSSR count). The lowest BCUT2D eigenvalue weighted by atomic mass is 10.1. The number of anilines is 1. The van der Waals surface area contributed by atoms with Crippen molar-refractivity contribution in [3.8, 4) is 23.0 Å². The average molecular weight is 528 g/mol. The number of nitrogens with zero attached hydrogens (tertiary/aromatic N) is 4. The first-order chi connectivity index (χ1) is 17.2. The van der Waals surface area contributed by atoms with Crippen LogP contribution in [0.15, 0.2) is 47.4 Å². The van der Waals surface area contributed by atoms with Crippen LogP contribution in [0.4, 0.5) is 5.82 Å². The Bertz CT molecular complexity index is 1350. The topological polar surface area (TPSA) is 128 Å². The highest BCUT2D eigenvalue weighted by Crippen LogP contribution is 2.34. The van der Waals surface area contributed by atoms with Crippen LogP contribution in [-0.4, -0.2) is 48.0 Å². The fourth-order valence-electron chi connectivity index (χ4n) is 2.33. The van der Waals surface area contributed by atoms with Crippen molar-refractivity contribution in [2.24, 2.45) is 0 Å². The highest BCUT2D eigenvalue weighted by molar-refractivity contribution is 9.10. The summed E-state index contributed by atoms with van der Waals surface area (Å²) < 4.78 is 81.4. The van der Waals surface area contributed by atoms with Crippen LogP contribution in [0.5, 0.6) is 11.9 Å². The number of aromatic nitrogens is 4. The summed E-state index contributed by atoms with van der Waals surface area (Å²) in [4.78, 5) is 15.3. The molecule has 32 heavy (non-hydrogen) atoms. The van der Waals surface area contributed by atoms with Crippen LogP contribution in [0, 0.1) is 6.92 Å². The van der Waals surface area contributed by atoms with Gasteiger partial charge in [-0.1, -0.05) is 35.0 Å². The first-order valence-corrected chi connectivity index (χ1v) is 11.6. The summed E-state index contributed by atoms with van der Waals surface area (Å²) in [5, 5.41) is 0. The second-order valence-electron chi connectivity index (χ2n) is 6.31. The van der Waals surface area contributed by atoms with Crippen LogP contribution < -0.4 is 18.9 Å². The highest BCUT2D eigenvalue weighted by atomic mass is 79.9.